The maximum Gasteiger partial charge on any atom is 0.190 e. The quantitative estimate of drug-likeness (QED) is 0.500. The highest BCUT2D eigenvalue weighted by atomic mass is 35.5. The Bertz CT molecular complexity index is 1200. The van der Waals surface area contributed by atoms with Crippen LogP contribution in [0.5, 0.6) is 0 Å². The maximum absolute atomic E-state index is 14.3. The molecule has 1 aliphatic rings. The number of thiophene rings is 1. The Morgan fingerprint density at radius 3 is 2.90 bits per heavy atom. The summed E-state index contributed by atoms with van der Waals surface area (Å²) in [5, 5.41) is 14.8. The number of nitrogens with one attached hydrogen (secondary N) is 1. The minimum atomic E-state index is -1.04. The Balaban J connectivity index is 0.00000218. The molecule has 3 aromatic heterocycles. The zero-order chi connectivity index (χ0) is 20.0. The minimum Gasteiger partial charge on any atom is -0.383 e. The van der Waals surface area contributed by atoms with Crippen LogP contribution in [0.1, 0.15) is 10.4 Å². The first-order chi connectivity index (χ1) is 14.1. The van der Waals surface area contributed by atoms with Crippen LogP contribution >= 0.6 is 23.7 Å². The van der Waals surface area contributed by atoms with Gasteiger partial charge in [0.25, 0.3) is 0 Å². The predicted molar refractivity (Wildman–Crippen MR) is 113 cm³/mol. The van der Waals surface area contributed by atoms with Crippen molar-refractivity contribution in [2.75, 3.05) is 12.3 Å². The molecule has 0 radical (unpaired) electrons. The third-order valence-corrected chi connectivity index (χ3v) is 6.05. The Morgan fingerprint density at radius 2 is 2.07 bits per heavy atom. The number of benzene rings is 1. The number of fused-ring (bicyclic) bond motifs is 1. The molecule has 1 aliphatic heterocycles. The maximum atomic E-state index is 14.3. The Kier molecular flexibility index (Phi) is 5.46. The van der Waals surface area contributed by atoms with E-state index in [0.717, 1.165) is 40.7 Å². The van der Waals surface area contributed by atoms with E-state index in [2.05, 4.69) is 31.9 Å². The molecule has 7 nitrogen and oxygen atoms in total. The van der Waals surface area contributed by atoms with Crippen molar-refractivity contribution in [3.8, 4) is 27.5 Å². The lowest BCUT2D eigenvalue weighted by atomic mass is 10.1. The number of pyridine rings is 1. The molecule has 0 atom stereocenters. The molecule has 0 bridgehead atoms. The molecule has 0 saturated heterocycles. The average molecular weight is 448 g/mol. The molecule has 0 fully saturated rings. The molecule has 0 unspecified atom stereocenters. The van der Waals surface area contributed by atoms with Crippen LogP contribution < -0.4 is 11.1 Å². The van der Waals surface area contributed by atoms with E-state index in [1.807, 2.05) is 6.07 Å². The fraction of sp³-hybridized carbons (Fsp3) is 0.158. The van der Waals surface area contributed by atoms with Crippen molar-refractivity contribution in [3.63, 3.8) is 0 Å². The highest BCUT2D eigenvalue weighted by Gasteiger charge is 2.20. The Labute approximate surface area is 180 Å². The second-order valence-electron chi connectivity index (χ2n) is 6.63. The van der Waals surface area contributed by atoms with E-state index in [4.69, 9.17) is 5.73 Å². The van der Waals surface area contributed by atoms with Crippen molar-refractivity contribution < 1.29 is 8.78 Å². The van der Waals surface area contributed by atoms with E-state index in [1.165, 1.54) is 22.6 Å². The molecule has 4 aromatic rings. The summed E-state index contributed by atoms with van der Waals surface area (Å²) in [4.78, 5) is 6.65. The summed E-state index contributed by atoms with van der Waals surface area (Å²) < 4.78 is 29.1. The minimum absolute atomic E-state index is 0. The molecule has 0 aliphatic carbocycles. The monoisotopic (exact) mass is 447 g/mol. The van der Waals surface area contributed by atoms with Gasteiger partial charge in [0.15, 0.2) is 17.5 Å². The van der Waals surface area contributed by atoms with E-state index < -0.39 is 11.6 Å². The van der Waals surface area contributed by atoms with Gasteiger partial charge in [0.05, 0.1) is 5.56 Å². The number of hydrogen-bond acceptors (Lipinski definition) is 7. The smallest absolute Gasteiger partial charge is 0.190 e. The fourth-order valence-corrected chi connectivity index (χ4v) is 4.52. The molecule has 3 N–H and O–H groups in total. The number of aromatic nitrogens is 5. The molecule has 0 saturated carbocycles. The van der Waals surface area contributed by atoms with E-state index in [1.54, 1.807) is 17.5 Å². The van der Waals surface area contributed by atoms with Gasteiger partial charge >= 0.3 is 0 Å². The van der Waals surface area contributed by atoms with E-state index in [-0.39, 0.29) is 29.7 Å². The number of nitrogens with two attached hydrogens (primary N) is 1. The number of hydrogen-bond donors (Lipinski definition) is 2. The SMILES string of the molecule is Cl.Nc1ncc(-c2cc3c(s2)CNCC3)cc1-c1nnnn1-c1cccc(F)c1F. The van der Waals surface area contributed by atoms with Gasteiger partial charge in [0.1, 0.15) is 11.5 Å². The third-order valence-electron chi connectivity index (χ3n) is 4.83. The standard InChI is InChI=1S/C19H15F2N7S.ClH/c20-13-2-1-3-14(17(13)21)28-19(25-26-27-28)12-6-11(8-24-18(12)22)15-7-10-4-5-23-9-16(10)29-15;/h1-3,6-8,23H,4-5,9H2,(H2,22,24);1H. The summed E-state index contributed by atoms with van der Waals surface area (Å²) in [5.74, 6) is -1.64. The van der Waals surface area contributed by atoms with Gasteiger partial charge < -0.3 is 11.1 Å². The highest BCUT2D eigenvalue weighted by molar-refractivity contribution is 7.15. The molecule has 4 heterocycles. The lowest BCUT2D eigenvalue weighted by Crippen LogP contribution is -2.21. The summed E-state index contributed by atoms with van der Waals surface area (Å²) in [5.41, 5.74) is 8.61. The van der Waals surface area contributed by atoms with Gasteiger partial charge in [-0.05, 0) is 53.2 Å². The molecular formula is C19H16ClF2N7S. The van der Waals surface area contributed by atoms with Gasteiger partial charge in [0, 0.05) is 28.1 Å². The normalized spacial score (nSPS) is 13.0. The first-order valence-electron chi connectivity index (χ1n) is 8.93. The van der Waals surface area contributed by atoms with Gasteiger partial charge in [-0.15, -0.1) is 28.8 Å². The van der Waals surface area contributed by atoms with Crippen LogP contribution in [-0.4, -0.2) is 31.7 Å². The first kappa shape index (κ1) is 20.3. The number of tetrazole rings is 1. The van der Waals surface area contributed by atoms with Crippen LogP contribution in [-0.2, 0) is 13.0 Å². The van der Waals surface area contributed by atoms with Gasteiger partial charge in [-0.25, -0.2) is 13.8 Å². The predicted octanol–water partition coefficient (Wildman–Crippen LogP) is 3.38. The van der Waals surface area contributed by atoms with Crippen LogP contribution in [0, 0.1) is 11.6 Å². The summed E-state index contributed by atoms with van der Waals surface area (Å²) in [6, 6.07) is 7.81. The molecule has 154 valence electrons. The van der Waals surface area contributed by atoms with Gasteiger partial charge in [-0.3, -0.25) is 0 Å². The van der Waals surface area contributed by atoms with E-state index >= 15 is 0 Å². The Hall–Kier alpha value is -2.95. The van der Waals surface area contributed by atoms with Gasteiger partial charge in [0.2, 0.25) is 0 Å². The first-order valence-corrected chi connectivity index (χ1v) is 9.75. The highest BCUT2D eigenvalue weighted by Crippen LogP contribution is 2.36. The van der Waals surface area contributed by atoms with Crippen molar-refractivity contribution in [1.29, 1.82) is 0 Å². The number of rotatable bonds is 3. The zero-order valence-electron chi connectivity index (χ0n) is 15.5. The van der Waals surface area contributed by atoms with E-state index in [9.17, 15) is 8.78 Å². The second-order valence-corrected chi connectivity index (χ2v) is 7.77. The lowest BCUT2D eigenvalue weighted by Gasteiger charge is -2.10. The van der Waals surface area contributed by atoms with Crippen molar-refractivity contribution in [1.82, 2.24) is 30.5 Å². The number of halogens is 3. The van der Waals surface area contributed by atoms with Gasteiger partial charge in [-0.1, -0.05) is 6.07 Å². The second kappa shape index (κ2) is 8.05. The van der Waals surface area contributed by atoms with Crippen molar-refractivity contribution in [2.24, 2.45) is 0 Å². The fourth-order valence-electron chi connectivity index (χ4n) is 3.36. The number of nitrogen functional groups attached to an aromatic ring is 1. The summed E-state index contributed by atoms with van der Waals surface area (Å²) >= 11 is 1.69. The summed E-state index contributed by atoms with van der Waals surface area (Å²) in [7, 11) is 0. The number of nitrogens with zero attached hydrogens (tertiary/aromatic N) is 5. The molecule has 5 rings (SSSR count). The summed E-state index contributed by atoms with van der Waals surface area (Å²) in [6.07, 6.45) is 2.68. The molecule has 0 spiro atoms. The van der Waals surface area contributed by atoms with Crippen LogP contribution in [0.4, 0.5) is 14.6 Å². The molecule has 11 heteroatoms. The van der Waals surface area contributed by atoms with Crippen LogP contribution in [0.3, 0.4) is 0 Å². The molecular weight excluding hydrogens is 432 g/mol. The van der Waals surface area contributed by atoms with Gasteiger partial charge in [-0.2, -0.15) is 4.68 Å². The Morgan fingerprint density at radius 1 is 1.20 bits per heavy atom. The largest absolute Gasteiger partial charge is 0.383 e. The molecule has 30 heavy (non-hydrogen) atoms. The van der Waals surface area contributed by atoms with Crippen LogP contribution in [0.25, 0.3) is 27.5 Å². The van der Waals surface area contributed by atoms with E-state index in [0.29, 0.717) is 5.56 Å². The summed E-state index contributed by atoms with van der Waals surface area (Å²) in [6.45, 7) is 1.81. The zero-order valence-corrected chi connectivity index (χ0v) is 17.1. The van der Waals surface area contributed by atoms with Crippen LogP contribution in [0.15, 0.2) is 36.5 Å². The molecule has 1 aromatic carbocycles. The molecule has 0 amide bonds. The van der Waals surface area contributed by atoms with Crippen molar-refractivity contribution in [2.45, 2.75) is 13.0 Å². The van der Waals surface area contributed by atoms with Crippen molar-refractivity contribution >= 4 is 29.6 Å². The topological polar surface area (TPSA) is 94.5 Å². The average Bonchev–Trinajstić information content (AvgIpc) is 3.37. The lowest BCUT2D eigenvalue weighted by molar-refractivity contribution is 0.501. The van der Waals surface area contributed by atoms with Crippen molar-refractivity contribution in [3.05, 3.63) is 58.6 Å². The van der Waals surface area contributed by atoms with Crippen LogP contribution in [0.2, 0.25) is 0 Å². The number of anilines is 1. The third kappa shape index (κ3) is 3.42.